The van der Waals surface area contributed by atoms with Crippen molar-refractivity contribution in [3.05, 3.63) is 81.7 Å². The number of rotatable bonds is 7. The van der Waals surface area contributed by atoms with E-state index in [1.165, 1.54) is 11.3 Å². The first-order valence-corrected chi connectivity index (χ1v) is 13.0. The number of aliphatic carboxylic acids is 1. The molecular weight excluding hydrogens is 502 g/mol. The lowest BCUT2D eigenvalue weighted by Crippen LogP contribution is -2.21. The fourth-order valence-corrected chi connectivity index (χ4v) is 5.94. The van der Waals surface area contributed by atoms with Crippen LogP contribution in [0.2, 0.25) is 0 Å². The highest BCUT2D eigenvalue weighted by Crippen LogP contribution is 2.41. The first kappa shape index (κ1) is 25.6. The molecule has 0 aliphatic carbocycles. The predicted octanol–water partition coefficient (Wildman–Crippen LogP) is 4.83. The van der Waals surface area contributed by atoms with Crippen molar-refractivity contribution in [1.29, 1.82) is 0 Å². The third-order valence-corrected chi connectivity index (χ3v) is 8.29. The van der Waals surface area contributed by atoms with E-state index in [1.807, 2.05) is 74.0 Å². The van der Waals surface area contributed by atoms with Gasteiger partial charge >= 0.3 is 5.97 Å². The molecule has 2 aromatic carbocycles. The molecule has 3 heterocycles. The normalized spacial score (nSPS) is 15.2. The van der Waals surface area contributed by atoms with E-state index >= 15 is 0 Å². The van der Waals surface area contributed by atoms with E-state index in [9.17, 15) is 15.0 Å². The van der Waals surface area contributed by atoms with Gasteiger partial charge in [-0.25, -0.2) is 0 Å². The van der Waals surface area contributed by atoms with Crippen molar-refractivity contribution in [1.82, 2.24) is 14.8 Å². The zero-order valence-corrected chi connectivity index (χ0v) is 22.7. The number of aromatic nitrogens is 3. The highest BCUT2D eigenvalue weighted by Gasteiger charge is 2.36. The SMILES string of the molecule is COc1cccc(N(C)c2ccc(C3=N[C@@H](C(C)C(=O)O)c4nnc(C)n4-c4sc(CO)c(C)c43)cc2)c1. The largest absolute Gasteiger partial charge is 0.497 e. The highest BCUT2D eigenvalue weighted by molar-refractivity contribution is 7.15. The molecule has 0 fully saturated rings. The Morgan fingerprint density at radius 2 is 1.89 bits per heavy atom. The van der Waals surface area contributed by atoms with Gasteiger partial charge in [0, 0.05) is 40.5 Å². The molecule has 2 atom stereocenters. The topological polar surface area (TPSA) is 113 Å². The van der Waals surface area contributed by atoms with Crippen LogP contribution in [-0.4, -0.2) is 50.8 Å². The van der Waals surface area contributed by atoms with Crippen LogP contribution in [0.3, 0.4) is 0 Å². The van der Waals surface area contributed by atoms with E-state index in [1.54, 1.807) is 14.0 Å². The molecule has 5 rings (SSSR count). The second-order valence-corrected chi connectivity index (χ2v) is 10.4. The van der Waals surface area contributed by atoms with Gasteiger partial charge in [-0.1, -0.05) is 18.2 Å². The van der Waals surface area contributed by atoms with E-state index < -0.39 is 17.9 Å². The summed E-state index contributed by atoms with van der Waals surface area (Å²) in [6.45, 7) is 5.33. The molecule has 2 aromatic heterocycles. The lowest BCUT2D eigenvalue weighted by atomic mass is 9.98. The van der Waals surface area contributed by atoms with Gasteiger partial charge in [0.05, 0.1) is 25.3 Å². The molecular formula is C28H29N5O4S. The summed E-state index contributed by atoms with van der Waals surface area (Å²) in [5.41, 5.74) is 5.24. The average molecular weight is 532 g/mol. The number of nitrogens with zero attached hydrogens (tertiary/aromatic N) is 5. The number of methoxy groups -OCH3 is 1. The van der Waals surface area contributed by atoms with Gasteiger partial charge in [-0.05, 0) is 50.6 Å². The summed E-state index contributed by atoms with van der Waals surface area (Å²) in [5.74, 6) is 0.117. The van der Waals surface area contributed by atoms with Crippen molar-refractivity contribution in [2.45, 2.75) is 33.4 Å². The molecule has 2 N–H and O–H groups in total. The number of hydrogen-bond acceptors (Lipinski definition) is 8. The summed E-state index contributed by atoms with van der Waals surface area (Å²) in [5, 5.41) is 29.4. The van der Waals surface area contributed by atoms with Gasteiger partial charge < -0.3 is 19.8 Å². The van der Waals surface area contributed by atoms with Crippen molar-refractivity contribution in [3.63, 3.8) is 0 Å². The summed E-state index contributed by atoms with van der Waals surface area (Å²) in [6.07, 6.45) is 0. The number of benzene rings is 2. The first-order valence-electron chi connectivity index (χ1n) is 12.2. The molecule has 38 heavy (non-hydrogen) atoms. The molecule has 0 radical (unpaired) electrons. The Balaban J connectivity index is 1.65. The standard InChI is InChI=1S/C28H29N5O4S/c1-15-22(14-34)38-27-23(15)25(29-24(16(2)28(35)36)26-31-30-17(3)33(26)27)18-9-11-19(12-10-18)32(4)20-7-6-8-21(13-20)37-5/h6-13,16,24,34H,14H2,1-5H3,(H,35,36)/t16?,24-/m0/s1. The molecule has 196 valence electrons. The summed E-state index contributed by atoms with van der Waals surface area (Å²) in [7, 11) is 3.63. The molecule has 1 aliphatic heterocycles. The van der Waals surface area contributed by atoms with E-state index in [0.717, 1.165) is 43.7 Å². The number of thiophene rings is 1. The average Bonchev–Trinajstić information content (AvgIpc) is 3.42. The maximum absolute atomic E-state index is 12.1. The Labute approximate surface area is 224 Å². The summed E-state index contributed by atoms with van der Waals surface area (Å²) >= 11 is 1.45. The molecule has 1 unspecified atom stereocenters. The third kappa shape index (κ3) is 4.25. The monoisotopic (exact) mass is 531 g/mol. The second-order valence-electron chi connectivity index (χ2n) is 9.29. The van der Waals surface area contributed by atoms with Crippen LogP contribution in [0.4, 0.5) is 11.4 Å². The van der Waals surface area contributed by atoms with Gasteiger partial charge in [0.1, 0.15) is 22.6 Å². The number of ether oxygens (including phenoxy) is 1. The Kier molecular flexibility index (Phi) is 6.77. The van der Waals surface area contributed by atoms with Crippen molar-refractivity contribution in [2.75, 3.05) is 19.1 Å². The van der Waals surface area contributed by atoms with Crippen molar-refractivity contribution >= 4 is 34.4 Å². The number of anilines is 2. The number of carboxylic acids is 1. The van der Waals surface area contributed by atoms with Gasteiger partial charge in [-0.15, -0.1) is 21.5 Å². The van der Waals surface area contributed by atoms with E-state index in [2.05, 4.69) is 15.1 Å². The van der Waals surface area contributed by atoms with Crippen LogP contribution in [0.25, 0.3) is 5.00 Å². The third-order valence-electron chi connectivity index (χ3n) is 7.02. The van der Waals surface area contributed by atoms with Gasteiger partial charge in [0.25, 0.3) is 0 Å². The predicted molar refractivity (Wildman–Crippen MR) is 147 cm³/mol. The summed E-state index contributed by atoms with van der Waals surface area (Å²) in [4.78, 5) is 20.0. The van der Waals surface area contributed by atoms with Crippen LogP contribution in [-0.2, 0) is 11.4 Å². The molecule has 4 aromatic rings. The lowest BCUT2D eigenvalue weighted by Gasteiger charge is -2.21. The first-order chi connectivity index (χ1) is 18.2. The van der Waals surface area contributed by atoms with Crippen LogP contribution in [0.1, 0.15) is 46.2 Å². The van der Waals surface area contributed by atoms with Crippen molar-refractivity contribution < 1.29 is 19.7 Å². The molecule has 10 heteroatoms. The maximum Gasteiger partial charge on any atom is 0.308 e. The van der Waals surface area contributed by atoms with Crippen LogP contribution in [0, 0.1) is 19.8 Å². The number of aliphatic imine (C=N–C) groups is 1. The molecule has 9 nitrogen and oxygen atoms in total. The fourth-order valence-electron chi connectivity index (χ4n) is 4.71. The van der Waals surface area contributed by atoms with E-state index in [4.69, 9.17) is 9.73 Å². The summed E-state index contributed by atoms with van der Waals surface area (Å²) < 4.78 is 7.26. The van der Waals surface area contributed by atoms with E-state index in [0.29, 0.717) is 17.4 Å². The quantitative estimate of drug-likeness (QED) is 0.351. The molecule has 1 aliphatic rings. The van der Waals surface area contributed by atoms with E-state index in [-0.39, 0.29) is 6.61 Å². The van der Waals surface area contributed by atoms with Gasteiger partial charge in [-0.3, -0.25) is 14.4 Å². The summed E-state index contributed by atoms with van der Waals surface area (Å²) in [6, 6.07) is 15.1. The Hall–Kier alpha value is -4.02. The fraction of sp³-hybridized carbons (Fsp3) is 0.286. The number of hydrogen-bond donors (Lipinski definition) is 2. The van der Waals surface area contributed by atoms with Gasteiger partial charge in [0.15, 0.2) is 5.82 Å². The molecule has 0 saturated heterocycles. The smallest absolute Gasteiger partial charge is 0.308 e. The molecule has 0 amide bonds. The van der Waals surface area contributed by atoms with Crippen LogP contribution < -0.4 is 9.64 Å². The minimum Gasteiger partial charge on any atom is -0.497 e. The zero-order valence-electron chi connectivity index (χ0n) is 21.8. The number of aryl methyl sites for hydroxylation is 1. The van der Waals surface area contributed by atoms with Crippen LogP contribution in [0.15, 0.2) is 53.5 Å². The lowest BCUT2D eigenvalue weighted by molar-refractivity contribution is -0.141. The van der Waals surface area contributed by atoms with Gasteiger partial charge in [0.2, 0.25) is 0 Å². The zero-order chi connectivity index (χ0) is 27.1. The minimum absolute atomic E-state index is 0.105. The Morgan fingerprint density at radius 1 is 1.16 bits per heavy atom. The Morgan fingerprint density at radius 3 is 2.55 bits per heavy atom. The molecule has 0 bridgehead atoms. The van der Waals surface area contributed by atoms with Crippen molar-refractivity contribution in [3.8, 4) is 10.8 Å². The highest BCUT2D eigenvalue weighted by atomic mass is 32.1. The Bertz CT molecular complexity index is 1540. The maximum atomic E-state index is 12.1. The number of carbonyl (C=O) groups is 1. The molecule has 0 spiro atoms. The van der Waals surface area contributed by atoms with Crippen LogP contribution in [0.5, 0.6) is 5.75 Å². The number of aliphatic hydroxyl groups is 1. The van der Waals surface area contributed by atoms with Crippen LogP contribution >= 0.6 is 11.3 Å². The van der Waals surface area contributed by atoms with Gasteiger partial charge in [-0.2, -0.15) is 0 Å². The minimum atomic E-state index is -0.960. The number of aliphatic hydroxyl groups excluding tert-OH is 1. The number of carboxylic acid groups (broad SMARTS) is 1. The van der Waals surface area contributed by atoms with Crippen molar-refractivity contribution in [2.24, 2.45) is 10.9 Å². The second kappa shape index (κ2) is 10.0. The number of fused-ring (bicyclic) bond motifs is 3. The molecule has 0 saturated carbocycles.